The topological polar surface area (TPSA) is 63.1 Å². The Morgan fingerprint density at radius 3 is 2.58 bits per heavy atom. The van der Waals surface area contributed by atoms with Crippen LogP contribution in [0.5, 0.6) is 0 Å². The van der Waals surface area contributed by atoms with Crippen LogP contribution in [0.3, 0.4) is 0 Å². The van der Waals surface area contributed by atoms with Gasteiger partial charge in [0.2, 0.25) is 0 Å². The second-order valence-corrected chi connectivity index (χ2v) is 4.67. The molecule has 2 aromatic rings. The molecule has 0 aliphatic carbocycles. The van der Waals surface area contributed by atoms with Crippen LogP contribution in [0.25, 0.3) is 11.3 Å². The lowest BCUT2D eigenvalue weighted by Crippen LogP contribution is -2.07. The van der Waals surface area contributed by atoms with Crippen molar-refractivity contribution in [2.24, 2.45) is 0 Å². The summed E-state index contributed by atoms with van der Waals surface area (Å²) in [7, 11) is 0. The highest BCUT2D eigenvalue weighted by Gasteiger charge is 2.13. The first-order chi connectivity index (χ1) is 9.06. The number of aromatic nitrogens is 2. The van der Waals surface area contributed by atoms with Crippen molar-refractivity contribution in [1.29, 1.82) is 0 Å². The lowest BCUT2D eigenvalue weighted by Gasteiger charge is -2.09. The molecule has 1 atom stereocenters. The number of hydrogen-bond donors (Lipinski definition) is 1. The maximum atomic E-state index is 10.7. The Morgan fingerprint density at radius 1 is 1.26 bits per heavy atom. The van der Waals surface area contributed by atoms with Crippen LogP contribution in [0, 0.1) is 6.92 Å². The van der Waals surface area contributed by atoms with E-state index in [1.807, 2.05) is 44.2 Å². The molecule has 1 unspecified atom stereocenters. The SMILES string of the molecule is Cc1ccc(-c2ccnc(C(C)CC(=O)O)n2)cc1. The lowest BCUT2D eigenvalue weighted by molar-refractivity contribution is -0.137. The monoisotopic (exact) mass is 256 g/mol. The zero-order valence-corrected chi connectivity index (χ0v) is 11.0. The second-order valence-electron chi connectivity index (χ2n) is 4.67. The second kappa shape index (κ2) is 5.61. The van der Waals surface area contributed by atoms with E-state index < -0.39 is 5.97 Å². The molecule has 0 spiro atoms. The normalized spacial score (nSPS) is 12.1. The molecule has 1 N–H and O–H groups in total. The van der Waals surface area contributed by atoms with Crippen molar-refractivity contribution in [2.75, 3.05) is 0 Å². The first kappa shape index (κ1) is 13.2. The van der Waals surface area contributed by atoms with Gasteiger partial charge in [-0.3, -0.25) is 4.79 Å². The molecule has 0 amide bonds. The third-order valence-corrected chi connectivity index (χ3v) is 2.94. The van der Waals surface area contributed by atoms with Gasteiger partial charge in [-0.15, -0.1) is 0 Å². The molecule has 1 heterocycles. The van der Waals surface area contributed by atoms with Gasteiger partial charge in [-0.25, -0.2) is 9.97 Å². The summed E-state index contributed by atoms with van der Waals surface area (Å²) in [6.07, 6.45) is 1.72. The van der Waals surface area contributed by atoms with Gasteiger partial charge in [-0.1, -0.05) is 36.8 Å². The third kappa shape index (κ3) is 3.37. The predicted molar refractivity (Wildman–Crippen MR) is 72.9 cm³/mol. The van der Waals surface area contributed by atoms with Crippen molar-refractivity contribution < 1.29 is 9.90 Å². The molecule has 4 nitrogen and oxygen atoms in total. The predicted octanol–water partition coefficient (Wildman–Crippen LogP) is 3.03. The Hall–Kier alpha value is -2.23. The number of hydrogen-bond acceptors (Lipinski definition) is 3. The smallest absolute Gasteiger partial charge is 0.304 e. The number of carbonyl (C=O) groups is 1. The van der Waals surface area contributed by atoms with Crippen LogP contribution in [0.15, 0.2) is 36.5 Å². The summed E-state index contributed by atoms with van der Waals surface area (Å²) in [6.45, 7) is 3.85. The minimum atomic E-state index is -0.836. The number of benzene rings is 1. The molecule has 0 aliphatic rings. The Bertz CT molecular complexity index is 579. The summed E-state index contributed by atoms with van der Waals surface area (Å²) in [5.41, 5.74) is 3.02. The van der Waals surface area contributed by atoms with Crippen LogP contribution in [-0.2, 0) is 4.79 Å². The molecular weight excluding hydrogens is 240 g/mol. The van der Waals surface area contributed by atoms with Gasteiger partial charge in [-0.05, 0) is 13.0 Å². The van der Waals surface area contributed by atoms with Gasteiger partial charge >= 0.3 is 5.97 Å². The standard InChI is InChI=1S/C15H16N2O2/c1-10-3-5-12(6-4-10)13-7-8-16-15(17-13)11(2)9-14(18)19/h3-8,11H,9H2,1-2H3,(H,18,19). The molecule has 0 saturated heterocycles. The number of nitrogens with zero attached hydrogens (tertiary/aromatic N) is 2. The molecule has 2 rings (SSSR count). The number of carboxylic acids is 1. The van der Waals surface area contributed by atoms with Crippen molar-refractivity contribution in [3.05, 3.63) is 47.9 Å². The summed E-state index contributed by atoms with van der Waals surface area (Å²) in [5, 5.41) is 8.81. The van der Waals surface area contributed by atoms with E-state index in [2.05, 4.69) is 9.97 Å². The molecule has 0 bridgehead atoms. The molecule has 19 heavy (non-hydrogen) atoms. The summed E-state index contributed by atoms with van der Waals surface area (Å²) in [6, 6.07) is 9.89. The maximum absolute atomic E-state index is 10.7. The van der Waals surface area contributed by atoms with E-state index in [0.717, 1.165) is 11.3 Å². The maximum Gasteiger partial charge on any atom is 0.304 e. The van der Waals surface area contributed by atoms with Gasteiger partial charge in [0.1, 0.15) is 5.82 Å². The molecule has 4 heteroatoms. The Balaban J connectivity index is 2.28. The minimum absolute atomic E-state index is 0.0390. The fraction of sp³-hybridized carbons (Fsp3) is 0.267. The molecule has 0 radical (unpaired) electrons. The van der Waals surface area contributed by atoms with Gasteiger partial charge < -0.3 is 5.11 Å². The van der Waals surface area contributed by atoms with Gasteiger partial charge in [0.25, 0.3) is 0 Å². The summed E-state index contributed by atoms with van der Waals surface area (Å²) in [5.74, 6) is -0.458. The average Bonchev–Trinajstić information content (AvgIpc) is 2.39. The zero-order chi connectivity index (χ0) is 13.8. The van der Waals surface area contributed by atoms with Crippen LogP contribution in [0.2, 0.25) is 0 Å². The Morgan fingerprint density at radius 2 is 1.95 bits per heavy atom. The highest BCUT2D eigenvalue weighted by Crippen LogP contribution is 2.20. The fourth-order valence-corrected chi connectivity index (χ4v) is 1.85. The van der Waals surface area contributed by atoms with E-state index in [-0.39, 0.29) is 12.3 Å². The molecule has 0 saturated carbocycles. The molecule has 1 aromatic carbocycles. The van der Waals surface area contributed by atoms with Crippen LogP contribution >= 0.6 is 0 Å². The first-order valence-corrected chi connectivity index (χ1v) is 6.18. The van der Waals surface area contributed by atoms with Gasteiger partial charge in [-0.2, -0.15) is 0 Å². The summed E-state index contributed by atoms with van der Waals surface area (Å²) >= 11 is 0. The van der Waals surface area contributed by atoms with Crippen molar-refractivity contribution in [3.63, 3.8) is 0 Å². The van der Waals surface area contributed by atoms with Crippen LogP contribution < -0.4 is 0 Å². The summed E-state index contributed by atoms with van der Waals surface area (Å²) in [4.78, 5) is 19.3. The third-order valence-electron chi connectivity index (χ3n) is 2.94. The molecule has 0 aliphatic heterocycles. The molecule has 0 fully saturated rings. The summed E-state index contributed by atoms with van der Waals surface area (Å²) < 4.78 is 0. The van der Waals surface area contributed by atoms with Crippen LogP contribution in [0.1, 0.15) is 30.7 Å². The highest BCUT2D eigenvalue weighted by atomic mass is 16.4. The zero-order valence-electron chi connectivity index (χ0n) is 11.0. The number of aryl methyl sites for hydroxylation is 1. The highest BCUT2D eigenvalue weighted by molar-refractivity contribution is 5.67. The number of carboxylic acid groups (broad SMARTS) is 1. The quantitative estimate of drug-likeness (QED) is 0.913. The van der Waals surface area contributed by atoms with Crippen molar-refractivity contribution in [3.8, 4) is 11.3 Å². The number of aliphatic carboxylic acids is 1. The van der Waals surface area contributed by atoms with E-state index in [1.165, 1.54) is 5.56 Å². The Kier molecular flexibility index (Phi) is 3.90. The number of rotatable bonds is 4. The fourth-order valence-electron chi connectivity index (χ4n) is 1.85. The van der Waals surface area contributed by atoms with Crippen molar-refractivity contribution >= 4 is 5.97 Å². The van der Waals surface area contributed by atoms with E-state index in [1.54, 1.807) is 6.20 Å². The van der Waals surface area contributed by atoms with Gasteiger partial charge in [0.15, 0.2) is 0 Å². The van der Waals surface area contributed by atoms with E-state index in [9.17, 15) is 4.79 Å². The van der Waals surface area contributed by atoms with Gasteiger partial charge in [0, 0.05) is 17.7 Å². The lowest BCUT2D eigenvalue weighted by atomic mass is 10.1. The van der Waals surface area contributed by atoms with Crippen LogP contribution in [-0.4, -0.2) is 21.0 Å². The van der Waals surface area contributed by atoms with E-state index >= 15 is 0 Å². The van der Waals surface area contributed by atoms with E-state index in [4.69, 9.17) is 5.11 Å². The minimum Gasteiger partial charge on any atom is -0.481 e. The molecule has 98 valence electrons. The van der Waals surface area contributed by atoms with Crippen molar-refractivity contribution in [1.82, 2.24) is 9.97 Å². The average molecular weight is 256 g/mol. The van der Waals surface area contributed by atoms with E-state index in [0.29, 0.717) is 5.82 Å². The largest absolute Gasteiger partial charge is 0.481 e. The Labute approximate surface area is 112 Å². The van der Waals surface area contributed by atoms with Crippen molar-refractivity contribution in [2.45, 2.75) is 26.2 Å². The molecule has 1 aromatic heterocycles. The first-order valence-electron chi connectivity index (χ1n) is 6.18. The van der Waals surface area contributed by atoms with Crippen LogP contribution in [0.4, 0.5) is 0 Å². The van der Waals surface area contributed by atoms with Gasteiger partial charge in [0.05, 0.1) is 12.1 Å². The molecular formula is C15H16N2O2.